The molecule has 0 aromatic rings. The van der Waals surface area contributed by atoms with E-state index in [9.17, 15) is 0 Å². The first-order valence-electron chi connectivity index (χ1n) is 2.31. The summed E-state index contributed by atoms with van der Waals surface area (Å²) in [7, 11) is 5.27. The maximum atomic E-state index is 5.11. The van der Waals surface area contributed by atoms with Gasteiger partial charge in [-0.2, -0.15) is 0 Å². The zero-order chi connectivity index (χ0) is 7.14. The highest BCUT2D eigenvalue weighted by atomic mass is 33.2. The Morgan fingerprint density at radius 2 is 1.90 bits per heavy atom. The lowest BCUT2D eigenvalue weighted by molar-refractivity contribution is 1.86. The molecule has 0 nitrogen and oxygen atoms in total. The first-order valence-corrected chi connectivity index (χ1v) is 7.42. The SMILES string of the molecule is S=c1sc2sssc=2c1=S. The van der Waals surface area contributed by atoms with Gasteiger partial charge in [0.25, 0.3) is 0 Å². The normalized spacial score (nSPS) is 10.8. The van der Waals surface area contributed by atoms with Crippen LogP contribution in [0.3, 0.4) is 0 Å². The van der Waals surface area contributed by atoms with Gasteiger partial charge in [0.2, 0.25) is 0 Å². The summed E-state index contributed by atoms with van der Waals surface area (Å²) in [5.41, 5.74) is 0. The van der Waals surface area contributed by atoms with Gasteiger partial charge in [0.05, 0.1) is 9.04 Å². The molecule has 0 saturated carbocycles. The van der Waals surface area contributed by atoms with Gasteiger partial charge in [-0.1, -0.05) is 45.1 Å². The molecule has 0 spiro atoms. The molecule has 2 aliphatic heterocycles. The summed E-state index contributed by atoms with van der Waals surface area (Å²) in [5, 5.41) is 0. The zero-order valence-electron chi connectivity index (χ0n) is 4.45. The van der Waals surface area contributed by atoms with E-state index < -0.39 is 0 Å². The molecule has 6 heteroatoms. The van der Waals surface area contributed by atoms with E-state index in [4.69, 9.17) is 24.4 Å². The fourth-order valence-corrected chi connectivity index (χ4v) is 8.13. The van der Waals surface area contributed by atoms with Crippen LogP contribution < -0.4 is 0 Å². The van der Waals surface area contributed by atoms with Crippen LogP contribution >= 0.6 is 65.8 Å². The van der Waals surface area contributed by atoms with Crippen molar-refractivity contribution in [3.05, 3.63) is 16.7 Å². The van der Waals surface area contributed by atoms with E-state index in [1.54, 1.807) is 41.4 Å². The van der Waals surface area contributed by atoms with E-state index >= 15 is 0 Å². The molecule has 2 heterocycles. The standard InChI is InChI=1S/C4S6/c5-1-2-4(7-3(1)6)9-10-8-2. The second-order valence-corrected chi connectivity index (χ2v) is 7.84. The summed E-state index contributed by atoms with van der Waals surface area (Å²) in [4.78, 5) is 0. The number of hydrogen-bond donors (Lipinski definition) is 0. The van der Waals surface area contributed by atoms with Crippen LogP contribution in [0.25, 0.3) is 0 Å². The predicted molar refractivity (Wildman–Crippen MR) is 54.9 cm³/mol. The summed E-state index contributed by atoms with van der Waals surface area (Å²) in [5.74, 6) is 0. The monoisotopic (exact) mass is 240 g/mol. The largest absolute Gasteiger partial charge is 0.112 e. The molecule has 0 saturated heterocycles. The molecule has 0 atom stereocenters. The van der Waals surface area contributed by atoms with E-state index in [1.165, 1.54) is 8.38 Å². The van der Waals surface area contributed by atoms with Gasteiger partial charge in [0, 0.05) is 0 Å². The maximum Gasteiger partial charge on any atom is 0.112 e. The quantitative estimate of drug-likeness (QED) is 0.502. The minimum atomic E-state index is 0.875. The van der Waals surface area contributed by atoms with E-state index in [2.05, 4.69) is 0 Å². The average molecular weight is 240 g/mol. The molecular weight excluding hydrogens is 240 g/mol. The number of hydrogen-bond acceptors (Lipinski definition) is 6. The summed E-state index contributed by atoms with van der Waals surface area (Å²) in [6.45, 7) is 0. The van der Waals surface area contributed by atoms with Crippen LogP contribution in [-0.2, 0) is 0 Å². The number of rotatable bonds is 0. The lowest BCUT2D eigenvalue weighted by atomic mass is 10.7. The summed E-state index contributed by atoms with van der Waals surface area (Å²) < 4.78 is 4.28. The smallest absolute Gasteiger partial charge is 0.110 e. The Morgan fingerprint density at radius 1 is 1.10 bits per heavy atom. The van der Waals surface area contributed by atoms with Crippen LogP contribution in [-0.4, -0.2) is 0 Å². The van der Waals surface area contributed by atoms with Crippen LogP contribution in [0.2, 0.25) is 0 Å². The van der Waals surface area contributed by atoms with E-state index in [1.807, 2.05) is 0 Å². The zero-order valence-corrected chi connectivity index (χ0v) is 9.35. The molecule has 0 radical (unpaired) electrons. The topological polar surface area (TPSA) is 0 Å². The second-order valence-electron chi connectivity index (χ2n) is 1.57. The fraction of sp³-hybridized carbons (Fsp3) is 0. The molecule has 0 aromatic carbocycles. The van der Waals surface area contributed by atoms with Gasteiger partial charge in [-0.15, -0.1) is 11.3 Å². The van der Waals surface area contributed by atoms with Crippen molar-refractivity contribution < 1.29 is 0 Å². The van der Waals surface area contributed by atoms with Gasteiger partial charge in [-0.05, 0) is 9.34 Å². The lowest BCUT2D eigenvalue weighted by Gasteiger charge is -1.61. The Bertz CT molecular complexity index is 491. The molecule has 10 heavy (non-hydrogen) atoms. The minimum absolute atomic E-state index is 0.875. The lowest BCUT2D eigenvalue weighted by Crippen LogP contribution is -1.47. The third-order valence-electron chi connectivity index (χ3n) is 0.989. The summed E-state index contributed by atoms with van der Waals surface area (Å²) in [6.07, 6.45) is 0. The van der Waals surface area contributed by atoms with E-state index in [0.717, 1.165) is 8.33 Å². The molecule has 0 aromatic heterocycles. The van der Waals surface area contributed by atoms with Crippen molar-refractivity contribution in [2.45, 2.75) is 0 Å². The van der Waals surface area contributed by atoms with Crippen LogP contribution in [0.1, 0.15) is 0 Å². The highest BCUT2D eigenvalue weighted by Crippen LogP contribution is 2.26. The molecule has 2 rings (SSSR count). The Balaban J connectivity index is 3.34. The predicted octanol–water partition coefficient (Wildman–Crippen LogP) is 4.12. The maximum absolute atomic E-state index is 5.11. The van der Waals surface area contributed by atoms with Crippen molar-refractivity contribution in [3.8, 4) is 0 Å². The highest BCUT2D eigenvalue weighted by Gasteiger charge is 1.97. The first-order chi connectivity index (χ1) is 4.79. The van der Waals surface area contributed by atoms with Gasteiger partial charge >= 0.3 is 0 Å². The van der Waals surface area contributed by atoms with Gasteiger partial charge in [0.15, 0.2) is 0 Å². The Morgan fingerprint density at radius 3 is 2.60 bits per heavy atom. The second kappa shape index (κ2) is 2.69. The van der Waals surface area contributed by atoms with Crippen molar-refractivity contribution in [1.29, 1.82) is 0 Å². The van der Waals surface area contributed by atoms with Crippen LogP contribution in [0.4, 0.5) is 0 Å². The molecular formula is C4S6. The van der Waals surface area contributed by atoms with Crippen LogP contribution in [0, 0.1) is 16.7 Å². The summed E-state index contributed by atoms with van der Waals surface area (Å²) in [6, 6.07) is 0. The molecule has 52 valence electrons. The minimum Gasteiger partial charge on any atom is -0.110 e. The summed E-state index contributed by atoms with van der Waals surface area (Å²) >= 11 is 11.8. The fourth-order valence-electron chi connectivity index (χ4n) is 0.571. The molecule has 2 aliphatic rings. The van der Waals surface area contributed by atoms with Gasteiger partial charge in [-0.25, -0.2) is 0 Å². The molecule has 0 amide bonds. The molecule has 0 unspecified atom stereocenters. The third kappa shape index (κ3) is 1.03. The van der Waals surface area contributed by atoms with E-state index in [-0.39, 0.29) is 0 Å². The average Bonchev–Trinajstić information content (AvgIpc) is 2.41. The van der Waals surface area contributed by atoms with Crippen LogP contribution in [0.15, 0.2) is 0 Å². The van der Waals surface area contributed by atoms with Crippen LogP contribution in [0.5, 0.6) is 0 Å². The molecule has 0 aliphatic carbocycles. The van der Waals surface area contributed by atoms with Gasteiger partial charge in [0.1, 0.15) is 7.67 Å². The van der Waals surface area contributed by atoms with Crippen molar-refractivity contribution in [3.63, 3.8) is 0 Å². The molecule has 0 bridgehead atoms. The Hall–Kier alpha value is 0.800. The highest BCUT2D eigenvalue weighted by molar-refractivity contribution is 7.95. The molecule has 0 N–H and O–H groups in total. The third-order valence-corrected chi connectivity index (χ3v) is 7.79. The van der Waals surface area contributed by atoms with Gasteiger partial charge < -0.3 is 0 Å². The van der Waals surface area contributed by atoms with E-state index in [0.29, 0.717) is 0 Å². The van der Waals surface area contributed by atoms with Gasteiger partial charge in [-0.3, -0.25) is 0 Å². The molecule has 0 fully saturated rings. The van der Waals surface area contributed by atoms with Crippen molar-refractivity contribution in [2.75, 3.05) is 0 Å². The Labute approximate surface area is 81.8 Å². The Kier molecular flexibility index (Phi) is 2.00. The first kappa shape index (κ1) is 7.45. The van der Waals surface area contributed by atoms with Crippen molar-refractivity contribution >= 4 is 65.8 Å². The van der Waals surface area contributed by atoms with Crippen molar-refractivity contribution in [1.82, 2.24) is 0 Å². The van der Waals surface area contributed by atoms with Crippen molar-refractivity contribution in [2.24, 2.45) is 0 Å².